The highest BCUT2D eigenvalue weighted by Crippen LogP contribution is 2.52. The molecule has 2 aromatic heterocycles. The van der Waals surface area contributed by atoms with Crippen LogP contribution in [-0.4, -0.2) is 38.2 Å². The number of nitrogens with zero attached hydrogens (tertiary/aromatic N) is 3. The molecule has 0 bridgehead atoms. The molecule has 1 aliphatic heterocycles. The van der Waals surface area contributed by atoms with Gasteiger partial charge in [-0.1, -0.05) is 30.8 Å². The highest BCUT2D eigenvalue weighted by atomic mass is 127. The summed E-state index contributed by atoms with van der Waals surface area (Å²) < 4.78 is 33.2. The Morgan fingerprint density at radius 2 is 2.00 bits per heavy atom. The van der Waals surface area contributed by atoms with Gasteiger partial charge in [-0.05, 0) is 71.2 Å². The van der Waals surface area contributed by atoms with Crippen LogP contribution in [0.4, 0.5) is 8.78 Å². The topological polar surface area (TPSA) is 75.4 Å². The van der Waals surface area contributed by atoms with Gasteiger partial charge in [-0.2, -0.15) is 13.9 Å². The fourth-order valence-electron chi connectivity index (χ4n) is 4.78. The van der Waals surface area contributed by atoms with E-state index in [1.807, 2.05) is 12.1 Å². The SMILES string of the molecule is C=CC(=O)N1Cc2sc(I)cc2[C@H](c2ccccc2-c2cn(C(C)C(=O)O)nc2C(F)(F)C2CC2)C1. The number of carboxylic acid groups (broad SMARTS) is 1. The second-order valence-corrected chi connectivity index (χ2v) is 12.3. The number of rotatable bonds is 7. The first kappa shape index (κ1) is 25.1. The first-order chi connectivity index (χ1) is 17.1. The van der Waals surface area contributed by atoms with E-state index in [-0.39, 0.29) is 23.1 Å². The second-order valence-electron chi connectivity index (χ2n) is 9.27. The maximum absolute atomic E-state index is 15.5. The summed E-state index contributed by atoms with van der Waals surface area (Å²) in [4.78, 5) is 27.0. The quantitative estimate of drug-likeness (QED) is 0.258. The number of alkyl halides is 2. The van der Waals surface area contributed by atoms with E-state index in [0.29, 0.717) is 31.5 Å². The molecule has 3 aromatic rings. The van der Waals surface area contributed by atoms with Crippen LogP contribution in [0.15, 0.2) is 49.2 Å². The lowest BCUT2D eigenvalue weighted by molar-refractivity contribution is -0.140. The summed E-state index contributed by atoms with van der Waals surface area (Å²) in [6.45, 7) is 5.91. The van der Waals surface area contributed by atoms with Crippen molar-refractivity contribution in [2.75, 3.05) is 6.54 Å². The van der Waals surface area contributed by atoms with Crippen LogP contribution < -0.4 is 0 Å². The number of carbonyl (C=O) groups excluding carboxylic acids is 1. The number of fused-ring (bicyclic) bond motifs is 1. The second kappa shape index (κ2) is 9.37. The van der Waals surface area contributed by atoms with Crippen molar-refractivity contribution in [3.63, 3.8) is 0 Å². The summed E-state index contributed by atoms with van der Waals surface area (Å²) in [7, 11) is 0. The van der Waals surface area contributed by atoms with Gasteiger partial charge in [0.25, 0.3) is 5.92 Å². The van der Waals surface area contributed by atoms with Crippen molar-refractivity contribution in [1.29, 1.82) is 0 Å². The number of hydrogen-bond acceptors (Lipinski definition) is 4. The zero-order valence-electron chi connectivity index (χ0n) is 19.5. The Morgan fingerprint density at radius 1 is 1.28 bits per heavy atom. The molecule has 1 fully saturated rings. The summed E-state index contributed by atoms with van der Waals surface area (Å²) in [5.74, 6) is -5.55. The Bertz CT molecular complexity index is 1360. The van der Waals surface area contributed by atoms with E-state index >= 15 is 8.78 Å². The molecular weight excluding hydrogens is 599 g/mol. The Labute approximate surface area is 224 Å². The Hall–Kier alpha value is -2.60. The van der Waals surface area contributed by atoms with E-state index in [0.717, 1.165) is 23.6 Å². The first-order valence-electron chi connectivity index (χ1n) is 11.6. The molecule has 5 rings (SSSR count). The number of thiophene rings is 1. The Kier molecular flexibility index (Phi) is 6.52. The van der Waals surface area contributed by atoms with Gasteiger partial charge in [0.1, 0.15) is 11.7 Å². The minimum Gasteiger partial charge on any atom is -0.480 e. The van der Waals surface area contributed by atoms with Crippen molar-refractivity contribution in [2.45, 2.75) is 44.2 Å². The van der Waals surface area contributed by atoms with Gasteiger partial charge in [0.05, 0.1) is 9.43 Å². The van der Waals surface area contributed by atoms with Crippen molar-refractivity contribution in [3.8, 4) is 11.1 Å². The molecule has 3 heterocycles. The number of carbonyl (C=O) groups is 2. The number of halogens is 3. The van der Waals surface area contributed by atoms with Crippen LogP contribution in [0.5, 0.6) is 0 Å². The van der Waals surface area contributed by atoms with Gasteiger partial charge in [-0.25, -0.2) is 4.79 Å². The fraction of sp³-hybridized carbons (Fsp3) is 0.346. The molecule has 0 spiro atoms. The lowest BCUT2D eigenvalue weighted by Gasteiger charge is -2.33. The molecular formula is C26H24F2IN3O3S. The number of benzene rings is 1. The minimum absolute atomic E-state index is 0.185. The molecule has 1 N–H and O–H groups in total. The predicted octanol–water partition coefficient (Wildman–Crippen LogP) is 6.02. The highest BCUT2D eigenvalue weighted by molar-refractivity contribution is 14.1. The molecule has 6 nitrogen and oxygen atoms in total. The maximum Gasteiger partial charge on any atom is 0.328 e. The van der Waals surface area contributed by atoms with Gasteiger partial charge in [0, 0.05) is 35.0 Å². The van der Waals surface area contributed by atoms with Gasteiger partial charge >= 0.3 is 5.97 Å². The van der Waals surface area contributed by atoms with Crippen LogP contribution >= 0.6 is 33.9 Å². The molecule has 0 saturated heterocycles. The van der Waals surface area contributed by atoms with Gasteiger partial charge in [-0.3, -0.25) is 9.48 Å². The van der Waals surface area contributed by atoms with Crippen molar-refractivity contribution < 1.29 is 23.5 Å². The number of carboxylic acids is 1. The van der Waals surface area contributed by atoms with Crippen LogP contribution in [-0.2, 0) is 22.1 Å². The van der Waals surface area contributed by atoms with Crippen molar-refractivity contribution in [1.82, 2.24) is 14.7 Å². The molecule has 188 valence electrons. The Balaban J connectivity index is 1.68. The lowest BCUT2D eigenvalue weighted by Crippen LogP contribution is -2.37. The summed E-state index contributed by atoms with van der Waals surface area (Å²) in [6.07, 6.45) is 3.54. The van der Waals surface area contributed by atoms with E-state index < -0.39 is 23.9 Å². The van der Waals surface area contributed by atoms with Crippen LogP contribution in [0.2, 0.25) is 0 Å². The largest absolute Gasteiger partial charge is 0.480 e. The first-order valence-corrected chi connectivity index (χ1v) is 13.5. The smallest absolute Gasteiger partial charge is 0.328 e. The summed E-state index contributed by atoms with van der Waals surface area (Å²) in [5.41, 5.74) is 2.29. The van der Waals surface area contributed by atoms with E-state index in [1.165, 1.54) is 19.2 Å². The van der Waals surface area contributed by atoms with Gasteiger partial charge in [0.15, 0.2) is 0 Å². The van der Waals surface area contributed by atoms with E-state index in [1.54, 1.807) is 28.4 Å². The van der Waals surface area contributed by atoms with Crippen molar-refractivity contribution in [2.24, 2.45) is 5.92 Å². The third kappa shape index (κ3) is 4.38. The average Bonchev–Trinajstić information content (AvgIpc) is 3.52. The molecule has 36 heavy (non-hydrogen) atoms. The molecule has 10 heteroatoms. The molecule has 0 radical (unpaired) electrons. The third-order valence-electron chi connectivity index (χ3n) is 6.93. The molecule has 1 unspecified atom stereocenters. The Morgan fingerprint density at radius 3 is 2.67 bits per heavy atom. The average molecular weight is 623 g/mol. The van der Waals surface area contributed by atoms with Crippen molar-refractivity contribution in [3.05, 3.63) is 73.8 Å². The normalized spacial score (nSPS) is 18.6. The number of amides is 1. The monoisotopic (exact) mass is 623 g/mol. The summed E-state index contributed by atoms with van der Waals surface area (Å²) in [6, 6.07) is 8.30. The standard InChI is InChI=1S/C26H24F2IN3O3S/c1-3-23(33)31-11-19(18-10-22(29)36-21(18)13-31)16-6-4-5-7-17(16)20-12-32(14(2)25(34)35)30-24(20)26(27,28)15-8-9-15/h3-7,10,12,14-15,19H,1,8-9,11,13H2,2H3,(H,34,35)/t14?,19-/m0/s1. The van der Waals surface area contributed by atoms with Crippen LogP contribution in [0.3, 0.4) is 0 Å². The molecule has 1 aromatic carbocycles. The number of aliphatic carboxylic acids is 1. The lowest BCUT2D eigenvalue weighted by atomic mass is 9.83. The zero-order chi connectivity index (χ0) is 25.8. The fourth-order valence-corrected chi connectivity index (χ4v) is 6.87. The van der Waals surface area contributed by atoms with Gasteiger partial charge < -0.3 is 10.0 Å². The molecule has 1 aliphatic carbocycles. The number of hydrogen-bond donors (Lipinski definition) is 1. The molecule has 2 atom stereocenters. The molecule has 2 aliphatic rings. The maximum atomic E-state index is 15.5. The zero-order valence-corrected chi connectivity index (χ0v) is 22.4. The van der Waals surface area contributed by atoms with Crippen LogP contribution in [0, 0.1) is 8.80 Å². The molecule has 1 saturated carbocycles. The number of aromatic nitrogens is 2. The predicted molar refractivity (Wildman–Crippen MR) is 141 cm³/mol. The van der Waals surface area contributed by atoms with Crippen LogP contribution in [0.1, 0.15) is 53.4 Å². The van der Waals surface area contributed by atoms with Crippen molar-refractivity contribution >= 4 is 45.8 Å². The van der Waals surface area contributed by atoms with E-state index in [2.05, 4.69) is 40.3 Å². The van der Waals surface area contributed by atoms with E-state index in [4.69, 9.17) is 0 Å². The third-order valence-corrected chi connectivity index (χ3v) is 8.83. The van der Waals surface area contributed by atoms with Crippen LogP contribution in [0.25, 0.3) is 11.1 Å². The van der Waals surface area contributed by atoms with Gasteiger partial charge in [-0.15, -0.1) is 11.3 Å². The summed E-state index contributed by atoms with van der Waals surface area (Å²) in [5, 5.41) is 13.7. The van der Waals surface area contributed by atoms with Gasteiger partial charge in [0.2, 0.25) is 5.91 Å². The summed E-state index contributed by atoms with van der Waals surface area (Å²) >= 11 is 3.87. The minimum atomic E-state index is -3.17. The highest BCUT2D eigenvalue weighted by Gasteiger charge is 2.51. The van der Waals surface area contributed by atoms with E-state index in [9.17, 15) is 14.7 Å². The molecule has 1 amide bonds.